The molecule has 2 bridgehead atoms. The number of ether oxygens (including phenoxy) is 1. The second kappa shape index (κ2) is 6.92. The van der Waals surface area contributed by atoms with Crippen molar-refractivity contribution < 1.29 is 4.74 Å². The highest BCUT2D eigenvalue weighted by Gasteiger charge is 2.54. The molecule has 0 saturated heterocycles. The number of hydrogen-bond acceptors (Lipinski definition) is 2. The molecule has 0 fully saturated rings. The van der Waals surface area contributed by atoms with Crippen LogP contribution in [0, 0.1) is 10.8 Å². The van der Waals surface area contributed by atoms with Crippen molar-refractivity contribution in [1.82, 2.24) is 0 Å². The summed E-state index contributed by atoms with van der Waals surface area (Å²) in [4.78, 5) is 5.15. The lowest BCUT2D eigenvalue weighted by atomic mass is 9.74. The van der Waals surface area contributed by atoms with Gasteiger partial charge in [0.2, 0.25) is 5.90 Å². The SMILES string of the molecule is CC1=C(c2ccccc2)P2C[C@@]1(C)C(c1ccccc1)=C2C1=N[C@@H](C(C)(C)C)CO1. The smallest absolute Gasteiger partial charge is 0.217 e. The molecule has 3 heteroatoms. The van der Waals surface area contributed by atoms with Gasteiger partial charge in [-0.3, -0.25) is 0 Å². The van der Waals surface area contributed by atoms with Crippen molar-refractivity contribution in [2.75, 3.05) is 12.8 Å². The molecule has 0 spiro atoms. The van der Waals surface area contributed by atoms with E-state index in [1.54, 1.807) is 0 Å². The molecular weight excluding hydrogens is 385 g/mol. The standard InChI is InChI=1S/C27H30NOP/c1-18-23(20-14-10-7-11-15-20)30-17-27(18,5)22(19-12-8-6-9-13-19)24(30)25-28-21(16-29-25)26(2,3)4/h6-15,21H,16-17H2,1-5H3/t21-,27-,30?/m1/s1. The van der Waals surface area contributed by atoms with Crippen LogP contribution in [-0.4, -0.2) is 24.7 Å². The van der Waals surface area contributed by atoms with Gasteiger partial charge in [0.15, 0.2) is 0 Å². The van der Waals surface area contributed by atoms with Gasteiger partial charge in [-0.1, -0.05) is 93.9 Å². The first-order valence-electron chi connectivity index (χ1n) is 10.9. The van der Waals surface area contributed by atoms with E-state index in [2.05, 4.69) is 95.3 Å². The fraction of sp³-hybridized carbons (Fsp3) is 0.370. The fourth-order valence-corrected chi connectivity index (χ4v) is 8.71. The lowest BCUT2D eigenvalue weighted by Crippen LogP contribution is -2.25. The van der Waals surface area contributed by atoms with Crippen LogP contribution in [0.25, 0.3) is 10.9 Å². The molecule has 30 heavy (non-hydrogen) atoms. The van der Waals surface area contributed by atoms with Crippen LogP contribution in [0.3, 0.4) is 0 Å². The molecule has 0 radical (unpaired) electrons. The van der Waals surface area contributed by atoms with Gasteiger partial charge in [0.1, 0.15) is 6.61 Å². The number of rotatable bonds is 3. The molecule has 0 saturated carbocycles. The number of fused-ring (bicyclic) bond motifs is 2. The zero-order valence-electron chi connectivity index (χ0n) is 18.6. The Kier molecular flexibility index (Phi) is 4.56. The number of allylic oxidation sites excluding steroid dienone is 2. The number of benzene rings is 2. The molecular formula is C27H30NOP. The van der Waals surface area contributed by atoms with Crippen LogP contribution in [0.1, 0.15) is 45.7 Å². The Balaban J connectivity index is 1.70. The second-order valence-electron chi connectivity index (χ2n) is 9.97. The largest absolute Gasteiger partial charge is 0.475 e. The normalized spacial score (nSPS) is 28.2. The Labute approximate surface area is 181 Å². The number of hydrogen-bond donors (Lipinski definition) is 0. The predicted molar refractivity (Wildman–Crippen MR) is 129 cm³/mol. The van der Waals surface area contributed by atoms with E-state index in [9.17, 15) is 0 Å². The molecule has 3 aliphatic rings. The first-order valence-corrected chi connectivity index (χ1v) is 12.4. The van der Waals surface area contributed by atoms with E-state index < -0.39 is 7.92 Å². The van der Waals surface area contributed by atoms with E-state index in [0.717, 1.165) is 5.90 Å². The quantitative estimate of drug-likeness (QED) is 0.486. The van der Waals surface area contributed by atoms with Crippen molar-refractivity contribution in [2.24, 2.45) is 15.8 Å². The summed E-state index contributed by atoms with van der Waals surface area (Å²) in [5.41, 5.74) is 5.79. The van der Waals surface area contributed by atoms with E-state index in [4.69, 9.17) is 9.73 Å². The van der Waals surface area contributed by atoms with Crippen LogP contribution >= 0.6 is 7.92 Å². The number of aliphatic imine (C=N–C) groups is 1. The van der Waals surface area contributed by atoms with Crippen molar-refractivity contribution in [1.29, 1.82) is 0 Å². The van der Waals surface area contributed by atoms with Crippen LogP contribution in [0.4, 0.5) is 0 Å². The molecule has 3 aliphatic heterocycles. The summed E-state index contributed by atoms with van der Waals surface area (Å²) in [6, 6.07) is 22.1. The molecule has 2 nitrogen and oxygen atoms in total. The van der Waals surface area contributed by atoms with Crippen molar-refractivity contribution in [2.45, 2.75) is 40.7 Å². The topological polar surface area (TPSA) is 21.6 Å². The Morgan fingerprint density at radius 1 is 0.933 bits per heavy atom. The van der Waals surface area contributed by atoms with Gasteiger partial charge in [-0.2, -0.15) is 0 Å². The summed E-state index contributed by atoms with van der Waals surface area (Å²) in [6.07, 6.45) is 1.17. The highest BCUT2D eigenvalue weighted by atomic mass is 31.1. The molecule has 3 atom stereocenters. The predicted octanol–water partition coefficient (Wildman–Crippen LogP) is 7.19. The highest BCUT2D eigenvalue weighted by Crippen LogP contribution is 2.78. The Hall–Kier alpha value is -2.18. The third kappa shape index (κ3) is 2.92. The zero-order chi connectivity index (χ0) is 21.1. The van der Waals surface area contributed by atoms with E-state index in [1.807, 2.05) is 0 Å². The molecule has 2 aromatic rings. The van der Waals surface area contributed by atoms with Crippen molar-refractivity contribution in [3.63, 3.8) is 0 Å². The Bertz CT molecular complexity index is 1070. The van der Waals surface area contributed by atoms with Gasteiger partial charge in [-0.15, -0.1) is 0 Å². The summed E-state index contributed by atoms with van der Waals surface area (Å²) in [5, 5.41) is 2.92. The monoisotopic (exact) mass is 415 g/mol. The third-order valence-electron chi connectivity index (χ3n) is 6.95. The lowest BCUT2D eigenvalue weighted by Gasteiger charge is -2.31. The van der Waals surface area contributed by atoms with Crippen LogP contribution in [-0.2, 0) is 4.74 Å². The molecule has 154 valence electrons. The Morgan fingerprint density at radius 3 is 2.10 bits per heavy atom. The first-order chi connectivity index (χ1) is 14.3. The van der Waals surface area contributed by atoms with Gasteiger partial charge in [0.25, 0.3) is 0 Å². The van der Waals surface area contributed by atoms with Crippen molar-refractivity contribution in [3.8, 4) is 0 Å². The maximum absolute atomic E-state index is 6.33. The van der Waals surface area contributed by atoms with Gasteiger partial charge in [-0.25, -0.2) is 4.99 Å². The minimum atomic E-state index is -0.485. The molecule has 1 unspecified atom stereocenters. The average Bonchev–Trinajstić information content (AvgIpc) is 3.39. The molecule has 0 amide bonds. The number of nitrogens with zero attached hydrogens (tertiary/aromatic N) is 1. The van der Waals surface area contributed by atoms with E-state index in [0.29, 0.717) is 6.61 Å². The fourth-order valence-electron chi connectivity index (χ4n) is 5.03. The molecule has 0 aromatic heterocycles. The second-order valence-corrected chi connectivity index (χ2v) is 12.0. The van der Waals surface area contributed by atoms with Crippen molar-refractivity contribution >= 4 is 24.7 Å². The van der Waals surface area contributed by atoms with Gasteiger partial charge < -0.3 is 4.74 Å². The minimum Gasteiger partial charge on any atom is -0.475 e. The van der Waals surface area contributed by atoms with E-state index in [-0.39, 0.29) is 16.9 Å². The molecule has 2 aromatic carbocycles. The summed E-state index contributed by atoms with van der Waals surface area (Å²) >= 11 is 0. The van der Waals surface area contributed by atoms with Gasteiger partial charge in [-0.05, 0) is 48.4 Å². The van der Waals surface area contributed by atoms with Crippen LogP contribution in [0.5, 0.6) is 0 Å². The summed E-state index contributed by atoms with van der Waals surface area (Å²) < 4.78 is 6.33. The third-order valence-corrected chi connectivity index (χ3v) is 9.99. The maximum Gasteiger partial charge on any atom is 0.217 e. The average molecular weight is 416 g/mol. The molecule has 5 rings (SSSR count). The van der Waals surface area contributed by atoms with Gasteiger partial charge in [0.05, 0.1) is 6.04 Å². The summed E-state index contributed by atoms with van der Waals surface area (Å²) in [7, 11) is -0.485. The Morgan fingerprint density at radius 2 is 1.53 bits per heavy atom. The minimum absolute atomic E-state index is 0.0409. The van der Waals surface area contributed by atoms with Crippen molar-refractivity contribution in [3.05, 3.63) is 82.7 Å². The molecule has 0 N–H and O–H groups in total. The van der Waals surface area contributed by atoms with Gasteiger partial charge >= 0.3 is 0 Å². The highest BCUT2D eigenvalue weighted by molar-refractivity contribution is 7.75. The molecule has 3 heterocycles. The lowest BCUT2D eigenvalue weighted by molar-refractivity contribution is 0.236. The maximum atomic E-state index is 6.33. The van der Waals surface area contributed by atoms with Crippen LogP contribution in [0.15, 0.2) is 76.5 Å². The summed E-state index contributed by atoms with van der Waals surface area (Å²) in [6.45, 7) is 12.2. The van der Waals surface area contributed by atoms with Crippen LogP contribution < -0.4 is 0 Å². The van der Waals surface area contributed by atoms with Crippen LogP contribution in [0.2, 0.25) is 0 Å². The van der Waals surface area contributed by atoms with Gasteiger partial charge in [0, 0.05) is 10.7 Å². The van der Waals surface area contributed by atoms with E-state index >= 15 is 0 Å². The summed E-state index contributed by atoms with van der Waals surface area (Å²) in [5.74, 6) is 0.907. The first kappa shape index (κ1) is 19.8. The van der Waals surface area contributed by atoms with E-state index in [1.165, 1.54) is 39.1 Å². The zero-order valence-corrected chi connectivity index (χ0v) is 19.5. The molecule has 0 aliphatic carbocycles.